The fraction of sp³-hybridized carbons (Fsp3) is 0.467. The molecule has 0 bridgehead atoms. The van der Waals surface area contributed by atoms with Crippen LogP contribution in [0.1, 0.15) is 31.9 Å². The summed E-state index contributed by atoms with van der Waals surface area (Å²) in [6.45, 7) is 11.5. The van der Waals surface area contributed by atoms with Crippen molar-refractivity contribution in [3.63, 3.8) is 0 Å². The highest BCUT2D eigenvalue weighted by Gasteiger charge is 2.31. The van der Waals surface area contributed by atoms with E-state index >= 15 is 0 Å². The van der Waals surface area contributed by atoms with E-state index in [9.17, 15) is 4.79 Å². The number of benzene rings is 1. The van der Waals surface area contributed by atoms with Gasteiger partial charge in [0, 0.05) is 0 Å². The highest BCUT2D eigenvalue weighted by atomic mass is 16.6. The van der Waals surface area contributed by atoms with E-state index in [0.29, 0.717) is 18.9 Å². The summed E-state index contributed by atoms with van der Waals surface area (Å²) in [4.78, 5) is 15.6. The molecule has 0 aliphatic rings. The zero-order valence-electron chi connectivity index (χ0n) is 12.0. The Bertz CT molecular complexity index is 466. The van der Waals surface area contributed by atoms with Gasteiger partial charge in [-0.1, -0.05) is 12.1 Å². The van der Waals surface area contributed by atoms with Gasteiger partial charge in [0.2, 0.25) is 0 Å². The molecule has 0 aromatic heterocycles. The molecular weight excluding hydrogens is 242 g/mol. The molecule has 4 nitrogen and oxygen atoms in total. The van der Waals surface area contributed by atoms with Crippen molar-refractivity contribution in [2.24, 2.45) is 4.99 Å². The predicted molar refractivity (Wildman–Crippen MR) is 75.8 cm³/mol. The SMILES string of the molecule is C=NCc1ccc(OC(C)(C)C(=O)OCC)c(C)c1. The second kappa shape index (κ2) is 6.36. The minimum atomic E-state index is -1.00. The number of ether oxygens (including phenoxy) is 2. The molecule has 0 spiro atoms. The highest BCUT2D eigenvalue weighted by molar-refractivity contribution is 5.79. The molecule has 4 heteroatoms. The molecule has 0 saturated heterocycles. The minimum Gasteiger partial charge on any atom is -0.476 e. The van der Waals surface area contributed by atoms with E-state index in [1.54, 1.807) is 20.8 Å². The van der Waals surface area contributed by atoms with E-state index in [-0.39, 0.29) is 5.97 Å². The van der Waals surface area contributed by atoms with Crippen molar-refractivity contribution in [3.05, 3.63) is 29.3 Å². The second-order valence-electron chi connectivity index (χ2n) is 4.81. The quantitative estimate of drug-likeness (QED) is 0.585. The van der Waals surface area contributed by atoms with Crippen molar-refractivity contribution >= 4 is 12.7 Å². The van der Waals surface area contributed by atoms with E-state index in [4.69, 9.17) is 9.47 Å². The van der Waals surface area contributed by atoms with Gasteiger partial charge < -0.3 is 9.47 Å². The third kappa shape index (κ3) is 4.09. The van der Waals surface area contributed by atoms with Crippen LogP contribution in [0.25, 0.3) is 0 Å². The summed E-state index contributed by atoms with van der Waals surface area (Å²) in [5.74, 6) is 0.303. The average Bonchev–Trinajstić information content (AvgIpc) is 2.33. The number of carbonyl (C=O) groups is 1. The lowest BCUT2D eigenvalue weighted by Gasteiger charge is -2.25. The summed E-state index contributed by atoms with van der Waals surface area (Å²) in [6, 6.07) is 5.74. The van der Waals surface area contributed by atoms with Gasteiger partial charge in [-0.3, -0.25) is 4.99 Å². The Kier molecular flexibility index (Phi) is 5.10. The Morgan fingerprint density at radius 3 is 2.63 bits per heavy atom. The Hall–Kier alpha value is -1.84. The number of hydrogen-bond acceptors (Lipinski definition) is 4. The number of esters is 1. The van der Waals surface area contributed by atoms with Gasteiger partial charge in [-0.15, -0.1) is 0 Å². The lowest BCUT2D eigenvalue weighted by molar-refractivity contribution is -0.158. The van der Waals surface area contributed by atoms with Crippen LogP contribution in [0, 0.1) is 6.92 Å². The normalized spacial score (nSPS) is 10.9. The van der Waals surface area contributed by atoms with Crippen LogP contribution in [-0.4, -0.2) is 24.9 Å². The van der Waals surface area contributed by atoms with Crippen molar-refractivity contribution in [1.29, 1.82) is 0 Å². The first-order chi connectivity index (χ1) is 8.90. The maximum Gasteiger partial charge on any atom is 0.349 e. The Morgan fingerprint density at radius 1 is 1.42 bits per heavy atom. The average molecular weight is 263 g/mol. The maximum atomic E-state index is 11.8. The van der Waals surface area contributed by atoms with E-state index < -0.39 is 5.60 Å². The van der Waals surface area contributed by atoms with E-state index in [0.717, 1.165) is 11.1 Å². The van der Waals surface area contributed by atoms with Gasteiger partial charge in [0.15, 0.2) is 5.60 Å². The van der Waals surface area contributed by atoms with Crippen LogP contribution in [0.3, 0.4) is 0 Å². The van der Waals surface area contributed by atoms with Crippen LogP contribution in [0.4, 0.5) is 0 Å². The summed E-state index contributed by atoms with van der Waals surface area (Å²) < 4.78 is 10.8. The molecule has 0 saturated carbocycles. The molecule has 19 heavy (non-hydrogen) atoms. The van der Waals surface area contributed by atoms with E-state index in [2.05, 4.69) is 11.7 Å². The molecule has 0 aliphatic heterocycles. The molecule has 0 N–H and O–H groups in total. The van der Waals surface area contributed by atoms with Gasteiger partial charge in [0.05, 0.1) is 13.2 Å². The van der Waals surface area contributed by atoms with E-state index in [1.807, 2.05) is 25.1 Å². The molecule has 0 atom stereocenters. The zero-order valence-corrected chi connectivity index (χ0v) is 12.0. The number of aryl methyl sites for hydroxylation is 1. The lowest BCUT2D eigenvalue weighted by atomic mass is 10.1. The maximum absolute atomic E-state index is 11.8. The fourth-order valence-electron chi connectivity index (χ4n) is 1.67. The number of rotatable bonds is 6. The second-order valence-corrected chi connectivity index (χ2v) is 4.81. The monoisotopic (exact) mass is 263 g/mol. The molecule has 0 aliphatic carbocycles. The highest BCUT2D eigenvalue weighted by Crippen LogP contribution is 2.25. The first-order valence-electron chi connectivity index (χ1n) is 6.29. The Labute approximate surface area is 114 Å². The summed E-state index contributed by atoms with van der Waals surface area (Å²) in [7, 11) is 0. The Morgan fingerprint density at radius 2 is 2.11 bits per heavy atom. The van der Waals surface area contributed by atoms with Crippen molar-refractivity contribution < 1.29 is 14.3 Å². The number of nitrogens with zero attached hydrogens (tertiary/aromatic N) is 1. The first-order valence-corrected chi connectivity index (χ1v) is 6.29. The zero-order chi connectivity index (χ0) is 14.5. The van der Waals surface area contributed by atoms with Crippen molar-refractivity contribution in [3.8, 4) is 5.75 Å². The van der Waals surface area contributed by atoms with Crippen LogP contribution >= 0.6 is 0 Å². The molecule has 1 rings (SSSR count). The van der Waals surface area contributed by atoms with Gasteiger partial charge in [-0.05, 0) is 51.6 Å². The van der Waals surface area contributed by atoms with Gasteiger partial charge in [-0.25, -0.2) is 4.79 Å². The Balaban J connectivity index is 2.87. The van der Waals surface area contributed by atoms with Gasteiger partial charge in [0.25, 0.3) is 0 Å². The number of hydrogen-bond donors (Lipinski definition) is 0. The number of carbonyl (C=O) groups excluding carboxylic acids is 1. The van der Waals surface area contributed by atoms with Gasteiger partial charge in [-0.2, -0.15) is 0 Å². The summed E-state index contributed by atoms with van der Waals surface area (Å²) >= 11 is 0. The van der Waals surface area contributed by atoms with Crippen LogP contribution in [0.5, 0.6) is 5.75 Å². The minimum absolute atomic E-state index is 0.342. The molecule has 0 amide bonds. The molecule has 0 radical (unpaired) electrons. The largest absolute Gasteiger partial charge is 0.476 e. The van der Waals surface area contributed by atoms with Gasteiger partial charge >= 0.3 is 5.97 Å². The summed E-state index contributed by atoms with van der Waals surface area (Å²) in [5, 5.41) is 0. The van der Waals surface area contributed by atoms with Crippen molar-refractivity contribution in [2.75, 3.05) is 6.61 Å². The third-order valence-corrected chi connectivity index (χ3v) is 2.67. The summed E-state index contributed by atoms with van der Waals surface area (Å²) in [6.07, 6.45) is 0. The smallest absolute Gasteiger partial charge is 0.349 e. The van der Waals surface area contributed by atoms with Crippen LogP contribution < -0.4 is 4.74 Å². The molecule has 104 valence electrons. The first kappa shape index (κ1) is 15.2. The molecule has 1 aromatic rings. The van der Waals surface area contributed by atoms with E-state index in [1.165, 1.54) is 0 Å². The van der Waals surface area contributed by atoms with Crippen molar-refractivity contribution in [2.45, 2.75) is 39.8 Å². The molecule has 0 fully saturated rings. The topological polar surface area (TPSA) is 47.9 Å². The van der Waals surface area contributed by atoms with Crippen LogP contribution in [0.2, 0.25) is 0 Å². The fourth-order valence-corrected chi connectivity index (χ4v) is 1.67. The van der Waals surface area contributed by atoms with Crippen LogP contribution in [0.15, 0.2) is 23.2 Å². The molecular formula is C15H21NO3. The lowest BCUT2D eigenvalue weighted by Crippen LogP contribution is -2.39. The third-order valence-electron chi connectivity index (χ3n) is 2.67. The van der Waals surface area contributed by atoms with Crippen LogP contribution in [-0.2, 0) is 16.1 Å². The summed E-state index contributed by atoms with van der Waals surface area (Å²) in [5.41, 5.74) is 1.02. The molecule has 0 heterocycles. The molecule has 0 unspecified atom stereocenters. The standard InChI is InChI=1S/C15H21NO3/c1-6-18-14(17)15(3,4)19-13-8-7-12(10-16-5)9-11(13)2/h7-9H,5-6,10H2,1-4H3. The van der Waals surface area contributed by atoms with Gasteiger partial charge in [0.1, 0.15) is 5.75 Å². The predicted octanol–water partition coefficient (Wildman–Crippen LogP) is 2.92. The molecule has 1 aromatic carbocycles. The van der Waals surface area contributed by atoms with Crippen molar-refractivity contribution in [1.82, 2.24) is 0 Å². The number of aliphatic imine (C=N–C) groups is 1.